The second-order valence-corrected chi connectivity index (χ2v) is 2.30. The molecule has 0 aliphatic rings. The Morgan fingerprint density at radius 3 is 2.46 bits per heavy atom. The molecule has 0 saturated carbocycles. The third kappa shape index (κ3) is 6.19. The number of allylic oxidation sites excluding steroid dienone is 1. The molecule has 0 amide bonds. The van der Waals surface area contributed by atoms with Gasteiger partial charge in [-0.15, -0.1) is 0 Å². The van der Waals surface area contributed by atoms with Crippen molar-refractivity contribution in [2.75, 3.05) is 6.61 Å². The number of esters is 1. The minimum Gasteiger partial charge on any atom is -0.459 e. The van der Waals surface area contributed by atoms with E-state index in [1.165, 1.54) is 0 Å². The van der Waals surface area contributed by atoms with E-state index in [-0.39, 0.29) is 6.61 Å². The lowest BCUT2D eigenvalue weighted by Gasteiger charge is -2.04. The van der Waals surface area contributed by atoms with Gasteiger partial charge in [-0.3, -0.25) is 0 Å². The molecule has 13 heavy (non-hydrogen) atoms. The molecule has 0 fully saturated rings. The highest BCUT2D eigenvalue weighted by Crippen LogP contribution is 2.16. The van der Waals surface area contributed by atoms with Crippen molar-refractivity contribution in [3.63, 3.8) is 0 Å². The summed E-state index contributed by atoms with van der Waals surface area (Å²) in [6, 6.07) is 0. The number of alkyl halides is 3. The van der Waals surface area contributed by atoms with E-state index < -0.39 is 12.1 Å². The first-order valence-corrected chi connectivity index (χ1v) is 3.87. The zero-order valence-electron chi connectivity index (χ0n) is 7.23. The normalized spacial score (nSPS) is 12.0. The van der Waals surface area contributed by atoms with E-state index in [2.05, 4.69) is 4.74 Å². The molecule has 2 nitrogen and oxygen atoms in total. The van der Waals surface area contributed by atoms with Crippen molar-refractivity contribution < 1.29 is 22.7 Å². The first-order chi connectivity index (χ1) is 5.98. The van der Waals surface area contributed by atoms with Crippen LogP contribution in [-0.2, 0) is 9.53 Å². The van der Waals surface area contributed by atoms with Gasteiger partial charge in [-0.25, -0.2) is 4.79 Å². The Labute approximate surface area is 74.4 Å². The summed E-state index contributed by atoms with van der Waals surface area (Å²) in [6.45, 7) is 1.67. The highest BCUT2D eigenvalue weighted by Gasteiger charge is 2.40. The van der Waals surface area contributed by atoms with Gasteiger partial charge < -0.3 is 4.74 Å². The smallest absolute Gasteiger partial charge is 0.459 e. The van der Waals surface area contributed by atoms with Crippen LogP contribution in [0.2, 0.25) is 0 Å². The molecule has 0 aromatic carbocycles. The molecule has 0 radical (unpaired) electrons. The Bertz CT molecular complexity index is 184. The van der Waals surface area contributed by atoms with Crippen LogP contribution in [0.15, 0.2) is 12.2 Å². The molecule has 0 aliphatic heterocycles. The van der Waals surface area contributed by atoms with E-state index in [1.54, 1.807) is 12.2 Å². The maximum absolute atomic E-state index is 11.5. The van der Waals surface area contributed by atoms with Crippen LogP contribution in [0.1, 0.15) is 19.8 Å². The van der Waals surface area contributed by atoms with Crippen LogP contribution in [0.25, 0.3) is 0 Å². The summed E-state index contributed by atoms with van der Waals surface area (Å²) in [6.07, 6.45) is -0.289. The highest BCUT2D eigenvalue weighted by molar-refractivity contribution is 5.75. The van der Waals surface area contributed by atoms with Crippen LogP contribution < -0.4 is 0 Å². The third-order valence-corrected chi connectivity index (χ3v) is 1.15. The Hall–Kier alpha value is -1.00. The lowest BCUT2D eigenvalue weighted by Crippen LogP contribution is -2.25. The molecule has 0 N–H and O–H groups in total. The molecular weight excluding hydrogens is 185 g/mol. The second kappa shape index (κ2) is 5.61. The van der Waals surface area contributed by atoms with Gasteiger partial charge in [-0.2, -0.15) is 13.2 Å². The molecule has 76 valence electrons. The standard InChI is InChI=1S/C8H11F3O2/c1-2-3-4-5-6-13-7(12)8(9,10)11/h3-4H,2,5-6H2,1H3. The van der Waals surface area contributed by atoms with Crippen LogP contribution >= 0.6 is 0 Å². The number of carbonyl (C=O) groups is 1. The summed E-state index contributed by atoms with van der Waals surface area (Å²) in [5, 5.41) is 0. The van der Waals surface area contributed by atoms with Gasteiger partial charge in [0, 0.05) is 0 Å². The maximum Gasteiger partial charge on any atom is 0.490 e. The zero-order chi connectivity index (χ0) is 10.3. The van der Waals surface area contributed by atoms with Crippen molar-refractivity contribution in [3.05, 3.63) is 12.2 Å². The molecule has 0 aliphatic carbocycles. The summed E-state index contributed by atoms with van der Waals surface area (Å²) in [7, 11) is 0. The number of carbonyl (C=O) groups excluding carboxylic acids is 1. The van der Waals surface area contributed by atoms with Crippen molar-refractivity contribution in [1.82, 2.24) is 0 Å². The molecule has 0 bridgehead atoms. The molecule has 0 unspecified atom stereocenters. The van der Waals surface area contributed by atoms with E-state index in [0.717, 1.165) is 6.42 Å². The van der Waals surface area contributed by atoms with Gasteiger partial charge in [-0.1, -0.05) is 19.1 Å². The molecule has 0 saturated heterocycles. The molecule has 0 atom stereocenters. The highest BCUT2D eigenvalue weighted by atomic mass is 19.4. The number of halogens is 3. The summed E-state index contributed by atoms with van der Waals surface area (Å²) in [5.41, 5.74) is 0. The van der Waals surface area contributed by atoms with E-state index in [1.807, 2.05) is 6.92 Å². The fourth-order valence-electron chi connectivity index (χ4n) is 0.586. The van der Waals surface area contributed by atoms with Gasteiger partial charge in [0.25, 0.3) is 0 Å². The Balaban J connectivity index is 3.55. The first-order valence-electron chi connectivity index (χ1n) is 3.87. The summed E-state index contributed by atoms with van der Waals surface area (Å²) >= 11 is 0. The van der Waals surface area contributed by atoms with Gasteiger partial charge in [0.05, 0.1) is 6.61 Å². The summed E-state index contributed by atoms with van der Waals surface area (Å²) in [4.78, 5) is 10.1. The van der Waals surface area contributed by atoms with Crippen LogP contribution in [-0.4, -0.2) is 18.8 Å². The largest absolute Gasteiger partial charge is 0.490 e. The lowest BCUT2D eigenvalue weighted by atomic mass is 10.3. The fourth-order valence-corrected chi connectivity index (χ4v) is 0.586. The van der Waals surface area contributed by atoms with E-state index in [0.29, 0.717) is 6.42 Å². The van der Waals surface area contributed by atoms with Crippen LogP contribution in [0.4, 0.5) is 13.2 Å². The fraction of sp³-hybridized carbons (Fsp3) is 0.625. The molecule has 0 spiro atoms. The van der Waals surface area contributed by atoms with Crippen molar-refractivity contribution in [2.45, 2.75) is 25.9 Å². The summed E-state index contributed by atoms with van der Waals surface area (Å²) in [5.74, 6) is -2.13. The molecule has 0 aromatic rings. The molecule has 0 aromatic heterocycles. The molecule has 0 rings (SSSR count). The predicted octanol–water partition coefficient (Wildman–Crippen LogP) is 2.45. The third-order valence-electron chi connectivity index (χ3n) is 1.15. The monoisotopic (exact) mass is 196 g/mol. The van der Waals surface area contributed by atoms with Crippen molar-refractivity contribution in [1.29, 1.82) is 0 Å². The quantitative estimate of drug-likeness (QED) is 0.392. The number of hydrogen-bond acceptors (Lipinski definition) is 2. The zero-order valence-corrected chi connectivity index (χ0v) is 7.23. The van der Waals surface area contributed by atoms with Crippen LogP contribution in [0.5, 0.6) is 0 Å². The maximum atomic E-state index is 11.5. The predicted molar refractivity (Wildman–Crippen MR) is 41.1 cm³/mol. The average molecular weight is 196 g/mol. The molecule has 0 heterocycles. The van der Waals surface area contributed by atoms with Crippen LogP contribution in [0, 0.1) is 0 Å². The van der Waals surface area contributed by atoms with E-state index in [9.17, 15) is 18.0 Å². The minimum absolute atomic E-state index is 0.227. The molecule has 5 heteroatoms. The lowest BCUT2D eigenvalue weighted by molar-refractivity contribution is -0.199. The van der Waals surface area contributed by atoms with Gasteiger partial charge in [0.1, 0.15) is 0 Å². The minimum atomic E-state index is -4.88. The van der Waals surface area contributed by atoms with Gasteiger partial charge in [-0.05, 0) is 12.8 Å². The van der Waals surface area contributed by atoms with Crippen molar-refractivity contribution >= 4 is 5.97 Å². The Morgan fingerprint density at radius 1 is 1.38 bits per heavy atom. The SMILES string of the molecule is CCC=CCCOC(=O)C(F)(F)F. The van der Waals surface area contributed by atoms with Gasteiger partial charge in [0.2, 0.25) is 0 Å². The number of hydrogen-bond donors (Lipinski definition) is 0. The number of ether oxygens (including phenoxy) is 1. The topological polar surface area (TPSA) is 26.3 Å². The van der Waals surface area contributed by atoms with Crippen molar-refractivity contribution in [2.24, 2.45) is 0 Å². The van der Waals surface area contributed by atoms with Gasteiger partial charge in [0.15, 0.2) is 0 Å². The van der Waals surface area contributed by atoms with E-state index in [4.69, 9.17) is 0 Å². The molecular formula is C8H11F3O2. The van der Waals surface area contributed by atoms with Crippen molar-refractivity contribution in [3.8, 4) is 0 Å². The van der Waals surface area contributed by atoms with Crippen LogP contribution in [0.3, 0.4) is 0 Å². The van der Waals surface area contributed by atoms with E-state index >= 15 is 0 Å². The number of rotatable bonds is 4. The summed E-state index contributed by atoms with van der Waals surface area (Å²) < 4.78 is 38.5. The Morgan fingerprint density at radius 2 is 2.00 bits per heavy atom. The first kappa shape index (κ1) is 12.0. The Kier molecular flexibility index (Phi) is 5.18. The van der Waals surface area contributed by atoms with Gasteiger partial charge >= 0.3 is 12.1 Å². The second-order valence-electron chi connectivity index (χ2n) is 2.30. The average Bonchev–Trinajstić information content (AvgIpc) is 2.02.